The fourth-order valence-electron chi connectivity index (χ4n) is 5.40. The maximum absolute atomic E-state index is 13.8. The second-order valence-electron chi connectivity index (χ2n) is 9.24. The molecule has 5 rings (SSSR count). The topological polar surface area (TPSA) is 26.8 Å². The van der Waals surface area contributed by atoms with Gasteiger partial charge >= 0.3 is 6.03 Å². The predicted molar refractivity (Wildman–Crippen MR) is 133 cm³/mol. The molecule has 2 heterocycles. The number of urea groups is 1. The molecule has 2 fully saturated rings. The summed E-state index contributed by atoms with van der Waals surface area (Å²) in [5, 5.41) is 0. The summed E-state index contributed by atoms with van der Waals surface area (Å²) in [6, 6.07) is 32.1. The zero-order valence-corrected chi connectivity index (χ0v) is 19.2. The molecule has 2 amide bonds. The molecule has 4 nitrogen and oxygen atoms in total. The van der Waals surface area contributed by atoms with Crippen molar-refractivity contribution in [2.45, 2.75) is 37.9 Å². The zero-order valence-electron chi connectivity index (χ0n) is 19.2. The van der Waals surface area contributed by atoms with Gasteiger partial charge in [0.15, 0.2) is 0 Å². The van der Waals surface area contributed by atoms with Crippen LogP contribution in [0.25, 0.3) is 0 Å². The van der Waals surface area contributed by atoms with Crippen LogP contribution in [0.5, 0.6) is 0 Å². The Balaban J connectivity index is 1.30. The van der Waals surface area contributed by atoms with Crippen LogP contribution in [0.15, 0.2) is 91.0 Å². The van der Waals surface area contributed by atoms with Crippen LogP contribution in [-0.2, 0) is 6.54 Å². The third-order valence-corrected chi connectivity index (χ3v) is 7.08. The van der Waals surface area contributed by atoms with E-state index in [4.69, 9.17) is 0 Å². The van der Waals surface area contributed by atoms with E-state index in [-0.39, 0.29) is 12.1 Å². The molecule has 0 N–H and O–H groups in total. The van der Waals surface area contributed by atoms with Crippen LogP contribution < -0.4 is 0 Å². The molecule has 0 atom stereocenters. The van der Waals surface area contributed by atoms with Gasteiger partial charge in [-0.2, -0.15) is 0 Å². The van der Waals surface area contributed by atoms with Crippen molar-refractivity contribution in [2.24, 2.45) is 0 Å². The first-order valence-electron chi connectivity index (χ1n) is 12.2. The van der Waals surface area contributed by atoms with E-state index in [1.165, 1.54) is 16.7 Å². The Kier molecular flexibility index (Phi) is 6.73. The molecule has 33 heavy (non-hydrogen) atoms. The van der Waals surface area contributed by atoms with Crippen molar-refractivity contribution in [3.8, 4) is 0 Å². The Morgan fingerprint density at radius 1 is 0.697 bits per heavy atom. The average molecular weight is 440 g/mol. The van der Waals surface area contributed by atoms with Gasteiger partial charge in [-0.05, 0) is 36.0 Å². The highest BCUT2D eigenvalue weighted by Gasteiger charge is 2.37. The van der Waals surface area contributed by atoms with Gasteiger partial charge < -0.3 is 9.80 Å². The SMILES string of the molecule is O=C1N(C2CCN(Cc3ccccc3)CC2)CCCN1C(c1ccccc1)c1ccccc1. The van der Waals surface area contributed by atoms with Crippen molar-refractivity contribution < 1.29 is 4.79 Å². The van der Waals surface area contributed by atoms with E-state index in [1.54, 1.807) is 0 Å². The summed E-state index contributed by atoms with van der Waals surface area (Å²) < 4.78 is 0. The van der Waals surface area contributed by atoms with Crippen molar-refractivity contribution in [3.05, 3.63) is 108 Å². The molecule has 170 valence electrons. The van der Waals surface area contributed by atoms with Crippen molar-refractivity contribution >= 4 is 6.03 Å². The van der Waals surface area contributed by atoms with E-state index in [0.29, 0.717) is 6.04 Å². The number of hydrogen-bond donors (Lipinski definition) is 0. The number of rotatable bonds is 6. The Morgan fingerprint density at radius 3 is 1.82 bits per heavy atom. The number of benzene rings is 3. The normalized spacial score (nSPS) is 18.2. The minimum Gasteiger partial charge on any atom is -0.321 e. The van der Waals surface area contributed by atoms with Crippen LogP contribution in [0.3, 0.4) is 0 Å². The number of carbonyl (C=O) groups excluding carboxylic acids is 1. The van der Waals surface area contributed by atoms with Crippen LogP contribution in [0.4, 0.5) is 4.79 Å². The first kappa shape index (κ1) is 21.7. The fraction of sp³-hybridized carbons (Fsp3) is 0.345. The molecule has 0 bridgehead atoms. The lowest BCUT2D eigenvalue weighted by atomic mass is 9.95. The first-order valence-corrected chi connectivity index (χ1v) is 12.2. The van der Waals surface area contributed by atoms with Gasteiger partial charge in [0, 0.05) is 38.8 Å². The van der Waals surface area contributed by atoms with Crippen molar-refractivity contribution in [3.63, 3.8) is 0 Å². The summed E-state index contributed by atoms with van der Waals surface area (Å²) in [6.07, 6.45) is 3.12. The number of carbonyl (C=O) groups is 1. The highest BCUT2D eigenvalue weighted by Crippen LogP contribution is 2.33. The van der Waals surface area contributed by atoms with Crippen LogP contribution in [-0.4, -0.2) is 53.0 Å². The molecule has 3 aromatic carbocycles. The highest BCUT2D eigenvalue weighted by molar-refractivity contribution is 5.77. The van der Waals surface area contributed by atoms with Gasteiger partial charge in [0.2, 0.25) is 0 Å². The van der Waals surface area contributed by atoms with E-state index in [2.05, 4.69) is 93.6 Å². The minimum atomic E-state index is -0.0409. The molecule has 0 aromatic heterocycles. The lowest BCUT2D eigenvalue weighted by Crippen LogP contribution is -2.56. The van der Waals surface area contributed by atoms with Crippen molar-refractivity contribution in [1.29, 1.82) is 0 Å². The van der Waals surface area contributed by atoms with E-state index in [1.807, 2.05) is 12.1 Å². The summed E-state index contributed by atoms with van der Waals surface area (Å²) in [7, 11) is 0. The third-order valence-electron chi connectivity index (χ3n) is 7.08. The number of nitrogens with zero attached hydrogens (tertiary/aromatic N) is 3. The maximum atomic E-state index is 13.8. The summed E-state index contributed by atoms with van der Waals surface area (Å²) in [5.41, 5.74) is 3.72. The van der Waals surface area contributed by atoms with E-state index in [9.17, 15) is 4.79 Å². The molecule has 3 aromatic rings. The smallest absolute Gasteiger partial charge is 0.321 e. The van der Waals surface area contributed by atoms with Gasteiger partial charge in [-0.1, -0.05) is 91.0 Å². The lowest BCUT2D eigenvalue weighted by Gasteiger charge is -2.45. The maximum Gasteiger partial charge on any atom is 0.321 e. The lowest BCUT2D eigenvalue weighted by molar-refractivity contribution is 0.0688. The summed E-state index contributed by atoms with van der Waals surface area (Å²) in [5.74, 6) is 0. The summed E-state index contributed by atoms with van der Waals surface area (Å²) >= 11 is 0. The molecule has 2 saturated heterocycles. The van der Waals surface area contributed by atoms with Gasteiger partial charge in [0.25, 0.3) is 0 Å². The van der Waals surface area contributed by atoms with Gasteiger partial charge in [-0.15, -0.1) is 0 Å². The Hall–Kier alpha value is -3.11. The Morgan fingerprint density at radius 2 is 1.24 bits per heavy atom. The first-order chi connectivity index (χ1) is 16.3. The van der Waals surface area contributed by atoms with Gasteiger partial charge in [-0.25, -0.2) is 4.79 Å². The van der Waals surface area contributed by atoms with E-state index >= 15 is 0 Å². The molecular weight excluding hydrogens is 406 g/mol. The van der Waals surface area contributed by atoms with Gasteiger partial charge in [-0.3, -0.25) is 4.90 Å². The van der Waals surface area contributed by atoms with Gasteiger partial charge in [0.05, 0.1) is 6.04 Å². The number of piperidine rings is 1. The van der Waals surface area contributed by atoms with Crippen LogP contribution in [0.2, 0.25) is 0 Å². The fourth-order valence-corrected chi connectivity index (χ4v) is 5.40. The molecule has 0 spiro atoms. The van der Waals surface area contributed by atoms with Crippen LogP contribution >= 0.6 is 0 Å². The number of amides is 2. The van der Waals surface area contributed by atoms with Gasteiger partial charge in [0.1, 0.15) is 0 Å². The molecule has 0 unspecified atom stereocenters. The second-order valence-corrected chi connectivity index (χ2v) is 9.24. The van der Waals surface area contributed by atoms with E-state index < -0.39 is 0 Å². The number of hydrogen-bond acceptors (Lipinski definition) is 2. The molecule has 2 aliphatic rings. The zero-order chi connectivity index (χ0) is 22.5. The van der Waals surface area contributed by atoms with Crippen molar-refractivity contribution in [1.82, 2.24) is 14.7 Å². The predicted octanol–water partition coefficient (Wildman–Crippen LogP) is 5.57. The summed E-state index contributed by atoms with van der Waals surface area (Å²) in [6.45, 7) is 4.76. The number of likely N-dealkylation sites (tertiary alicyclic amines) is 1. The third kappa shape index (κ3) is 4.96. The largest absolute Gasteiger partial charge is 0.321 e. The molecular formula is C29H33N3O. The average Bonchev–Trinajstić information content (AvgIpc) is 2.88. The summed E-state index contributed by atoms with van der Waals surface area (Å²) in [4.78, 5) is 20.6. The van der Waals surface area contributed by atoms with Crippen molar-refractivity contribution in [2.75, 3.05) is 26.2 Å². The second kappa shape index (κ2) is 10.2. The van der Waals surface area contributed by atoms with Crippen LogP contribution in [0.1, 0.15) is 42.0 Å². The molecule has 4 heteroatoms. The Labute approximate surface area is 197 Å². The molecule has 2 aliphatic heterocycles. The van der Waals surface area contributed by atoms with E-state index in [0.717, 1.165) is 52.0 Å². The minimum absolute atomic E-state index is 0.0409. The standard InChI is InChI=1S/C29H33N3O/c33-29-31(27-17-21-30(22-18-27)23-24-11-4-1-5-12-24)19-10-20-32(29)28(25-13-6-2-7-14-25)26-15-8-3-9-16-26/h1-9,11-16,27-28H,10,17-23H2. The highest BCUT2D eigenvalue weighted by atomic mass is 16.2. The molecule has 0 saturated carbocycles. The monoisotopic (exact) mass is 439 g/mol. The quantitative estimate of drug-likeness (QED) is 0.502. The van der Waals surface area contributed by atoms with Crippen LogP contribution in [0, 0.1) is 0 Å². The Bertz CT molecular complexity index is 977. The molecule has 0 aliphatic carbocycles. The molecule has 0 radical (unpaired) electrons.